The van der Waals surface area contributed by atoms with Crippen LogP contribution in [-0.2, 0) is 11.2 Å². The lowest BCUT2D eigenvalue weighted by Crippen LogP contribution is -2.35. The summed E-state index contributed by atoms with van der Waals surface area (Å²) < 4.78 is 26.9. The summed E-state index contributed by atoms with van der Waals surface area (Å²) >= 11 is 0. The lowest BCUT2D eigenvalue weighted by molar-refractivity contribution is -0.104. The van der Waals surface area contributed by atoms with Crippen LogP contribution in [0.15, 0.2) is 53.0 Å². The third-order valence-electron chi connectivity index (χ3n) is 5.22. The Kier molecular flexibility index (Phi) is 6.98. The van der Waals surface area contributed by atoms with E-state index >= 15 is 0 Å². The van der Waals surface area contributed by atoms with E-state index in [1.165, 1.54) is 12.1 Å². The zero-order valence-corrected chi connectivity index (χ0v) is 16.9. The zero-order chi connectivity index (χ0) is 22.4. The highest BCUT2D eigenvalue weighted by molar-refractivity contribution is 6.18. The molecule has 1 unspecified atom stereocenters. The molecule has 0 aliphatic carbocycles. The monoisotopic (exact) mass is 423 g/mol. The van der Waals surface area contributed by atoms with Crippen LogP contribution in [0.1, 0.15) is 29.5 Å². The van der Waals surface area contributed by atoms with E-state index in [1.54, 1.807) is 29.2 Å². The molecule has 1 aliphatic rings. The topological polar surface area (TPSA) is 108 Å². The first-order chi connectivity index (χ1) is 14.9. The Morgan fingerprint density at radius 3 is 2.61 bits per heavy atom. The minimum Gasteiger partial charge on any atom is -0.398 e. The fourth-order valence-electron chi connectivity index (χ4n) is 3.52. The van der Waals surface area contributed by atoms with E-state index in [1.807, 2.05) is 0 Å². The number of hydrogen-bond donors (Lipinski definition) is 2. The number of halogens is 2. The van der Waals surface area contributed by atoms with Gasteiger partial charge >= 0.3 is 0 Å². The third kappa shape index (κ3) is 5.45. The van der Waals surface area contributed by atoms with Crippen molar-refractivity contribution >= 4 is 17.8 Å². The minimum atomic E-state index is -0.622. The number of likely N-dealkylation sites (tertiary alicyclic amines) is 1. The number of aliphatic imine (C=N–C) groups is 1. The number of hydrogen-bond acceptors (Lipinski definition) is 5. The number of carbonyl (C=O) groups is 1. The molecular formula is C23H23F2N5O. The van der Waals surface area contributed by atoms with Crippen molar-refractivity contribution in [2.24, 2.45) is 16.5 Å². The number of carbonyl (C=O) groups excluding carboxylic acids is 1. The summed E-state index contributed by atoms with van der Waals surface area (Å²) in [6, 6.07) is 10.2. The molecule has 1 heterocycles. The molecule has 0 aromatic heterocycles. The second kappa shape index (κ2) is 9.85. The van der Waals surface area contributed by atoms with E-state index in [-0.39, 0.29) is 29.6 Å². The number of benzene rings is 2. The first-order valence-electron chi connectivity index (χ1n) is 9.87. The largest absolute Gasteiger partial charge is 0.398 e. The maximum Gasteiger partial charge on any atom is 0.179 e. The van der Waals surface area contributed by atoms with Crippen LogP contribution in [0.5, 0.6) is 0 Å². The Balaban J connectivity index is 1.78. The molecule has 1 atom stereocenters. The Morgan fingerprint density at radius 2 is 1.97 bits per heavy atom. The average Bonchev–Trinajstić information content (AvgIpc) is 2.76. The summed E-state index contributed by atoms with van der Waals surface area (Å²) in [6.45, 7) is 1.15. The Hall–Kier alpha value is -3.73. The Morgan fingerprint density at radius 1 is 1.23 bits per heavy atom. The molecule has 0 amide bonds. The lowest BCUT2D eigenvalue weighted by Gasteiger charge is -2.26. The smallest absolute Gasteiger partial charge is 0.179 e. The summed E-state index contributed by atoms with van der Waals surface area (Å²) in [5, 5.41) is 9.05. The van der Waals surface area contributed by atoms with Gasteiger partial charge in [0.05, 0.1) is 23.9 Å². The molecule has 1 aliphatic heterocycles. The highest BCUT2D eigenvalue weighted by Gasteiger charge is 2.20. The van der Waals surface area contributed by atoms with Gasteiger partial charge in [0.1, 0.15) is 17.5 Å². The van der Waals surface area contributed by atoms with E-state index < -0.39 is 11.6 Å². The predicted octanol–water partition coefficient (Wildman–Crippen LogP) is 2.73. The summed E-state index contributed by atoms with van der Waals surface area (Å²) in [6.07, 6.45) is 4.56. The van der Waals surface area contributed by atoms with E-state index in [0.29, 0.717) is 30.5 Å². The zero-order valence-electron chi connectivity index (χ0n) is 16.9. The maximum atomic E-state index is 13.9. The maximum absolute atomic E-state index is 13.9. The van der Waals surface area contributed by atoms with Crippen LogP contribution in [0, 0.1) is 23.1 Å². The molecule has 4 N–H and O–H groups in total. The number of amidine groups is 1. The predicted molar refractivity (Wildman–Crippen MR) is 115 cm³/mol. The molecule has 0 bridgehead atoms. The van der Waals surface area contributed by atoms with Crippen LogP contribution in [-0.4, -0.2) is 36.2 Å². The van der Waals surface area contributed by atoms with Gasteiger partial charge in [-0.15, -0.1) is 0 Å². The second-order valence-corrected chi connectivity index (χ2v) is 7.41. The van der Waals surface area contributed by atoms with Crippen molar-refractivity contribution in [3.63, 3.8) is 0 Å². The summed E-state index contributed by atoms with van der Waals surface area (Å²) in [7, 11) is 0. The molecular weight excluding hydrogens is 400 g/mol. The van der Waals surface area contributed by atoms with Crippen molar-refractivity contribution in [2.45, 2.75) is 25.3 Å². The first-order valence-corrected chi connectivity index (χ1v) is 9.87. The summed E-state index contributed by atoms with van der Waals surface area (Å²) in [4.78, 5) is 17.7. The van der Waals surface area contributed by atoms with Gasteiger partial charge in [-0.3, -0.25) is 9.79 Å². The standard InChI is InChI=1S/C23H23F2N5O/c24-18-8-7-17(21(25)11-18)10-15-3-5-16(6-4-15)22(27)20(13-31)23(28)29-19-2-1-9-30(12-19)14-26/h3-8,11,13,19H,1-2,9-10,12,27H2,(H2,28,29). The van der Waals surface area contributed by atoms with Crippen molar-refractivity contribution in [1.82, 2.24) is 4.90 Å². The molecule has 0 radical (unpaired) electrons. The van der Waals surface area contributed by atoms with Gasteiger partial charge in [0.2, 0.25) is 0 Å². The number of aldehydes is 1. The fourth-order valence-corrected chi connectivity index (χ4v) is 3.52. The summed E-state index contributed by atoms with van der Waals surface area (Å²) in [5.41, 5.74) is 14.3. The van der Waals surface area contributed by atoms with Gasteiger partial charge in [-0.1, -0.05) is 30.3 Å². The van der Waals surface area contributed by atoms with Gasteiger partial charge in [0.25, 0.3) is 0 Å². The Labute approximate surface area is 179 Å². The minimum absolute atomic E-state index is 0.0368. The van der Waals surface area contributed by atoms with Gasteiger partial charge in [-0.2, -0.15) is 5.26 Å². The van der Waals surface area contributed by atoms with E-state index in [9.17, 15) is 13.6 Å². The van der Waals surface area contributed by atoms with E-state index in [0.717, 1.165) is 24.5 Å². The van der Waals surface area contributed by atoms with Crippen molar-refractivity contribution < 1.29 is 13.6 Å². The molecule has 31 heavy (non-hydrogen) atoms. The SMILES string of the molecule is N#CN1CCCC(N=C(N)C(C=O)=C(N)c2ccc(Cc3ccc(F)cc3F)cc2)C1. The molecule has 6 nitrogen and oxygen atoms in total. The number of piperidine rings is 1. The van der Waals surface area contributed by atoms with Crippen LogP contribution in [0.4, 0.5) is 8.78 Å². The fraction of sp³-hybridized carbons (Fsp3) is 0.261. The second-order valence-electron chi connectivity index (χ2n) is 7.41. The highest BCUT2D eigenvalue weighted by Crippen LogP contribution is 2.19. The number of rotatable bonds is 6. The molecule has 0 saturated carbocycles. The van der Waals surface area contributed by atoms with Crippen LogP contribution in [0.25, 0.3) is 5.70 Å². The molecule has 1 fully saturated rings. The van der Waals surface area contributed by atoms with Crippen LogP contribution < -0.4 is 11.5 Å². The van der Waals surface area contributed by atoms with Crippen molar-refractivity contribution in [3.8, 4) is 6.19 Å². The first kappa shape index (κ1) is 22.0. The Bertz CT molecular complexity index is 1060. The number of nitriles is 1. The molecule has 0 spiro atoms. The van der Waals surface area contributed by atoms with E-state index in [2.05, 4.69) is 11.2 Å². The average molecular weight is 423 g/mol. The van der Waals surface area contributed by atoms with Crippen molar-refractivity contribution in [1.29, 1.82) is 5.26 Å². The van der Waals surface area contributed by atoms with Crippen molar-refractivity contribution in [2.75, 3.05) is 13.1 Å². The highest BCUT2D eigenvalue weighted by atomic mass is 19.1. The molecule has 2 aromatic rings. The van der Waals surface area contributed by atoms with Crippen molar-refractivity contribution in [3.05, 3.63) is 76.4 Å². The van der Waals surface area contributed by atoms with E-state index in [4.69, 9.17) is 16.7 Å². The molecule has 2 aromatic carbocycles. The van der Waals surface area contributed by atoms with Crippen LogP contribution >= 0.6 is 0 Å². The molecule has 160 valence electrons. The van der Waals surface area contributed by atoms with Gasteiger partial charge in [-0.05, 0) is 35.6 Å². The van der Waals surface area contributed by atoms with Crippen LogP contribution in [0.2, 0.25) is 0 Å². The molecule has 3 rings (SSSR count). The summed E-state index contributed by atoms with van der Waals surface area (Å²) in [5.74, 6) is -1.19. The van der Waals surface area contributed by atoms with Gasteiger partial charge < -0.3 is 16.4 Å². The number of nitrogens with two attached hydrogens (primary N) is 2. The lowest BCUT2D eigenvalue weighted by atomic mass is 10.0. The number of nitrogens with zero attached hydrogens (tertiary/aromatic N) is 3. The van der Waals surface area contributed by atoms with Gasteiger partial charge in [0, 0.05) is 19.0 Å². The van der Waals surface area contributed by atoms with Crippen LogP contribution in [0.3, 0.4) is 0 Å². The normalized spacial score (nSPS) is 17.6. The van der Waals surface area contributed by atoms with Gasteiger partial charge in [0.15, 0.2) is 12.5 Å². The third-order valence-corrected chi connectivity index (χ3v) is 5.22. The molecule has 1 saturated heterocycles. The molecule has 8 heteroatoms. The van der Waals surface area contributed by atoms with Gasteiger partial charge in [-0.25, -0.2) is 8.78 Å². The quantitative estimate of drug-likeness (QED) is 0.244.